The van der Waals surface area contributed by atoms with Crippen molar-refractivity contribution in [2.24, 2.45) is 7.05 Å². The summed E-state index contributed by atoms with van der Waals surface area (Å²) in [5, 5.41) is 23.8. The Bertz CT molecular complexity index is 678. The van der Waals surface area contributed by atoms with E-state index >= 15 is 0 Å². The topological polar surface area (TPSA) is 91.5 Å². The molecule has 0 atom stereocenters. The Morgan fingerprint density at radius 2 is 2.14 bits per heavy atom. The van der Waals surface area contributed by atoms with Crippen molar-refractivity contribution in [3.8, 4) is 0 Å². The number of fused-ring (bicyclic) bond motifs is 1. The molecule has 0 aromatic carbocycles. The third-order valence-corrected chi connectivity index (χ3v) is 3.48. The third-order valence-electron chi connectivity index (χ3n) is 3.48. The molecule has 0 fully saturated rings. The van der Waals surface area contributed by atoms with Crippen LogP contribution in [0.2, 0.25) is 0 Å². The molecule has 2 heterocycles. The number of aliphatic hydroxyl groups is 1. The van der Waals surface area contributed by atoms with Gasteiger partial charge in [0.25, 0.3) is 0 Å². The van der Waals surface area contributed by atoms with Crippen LogP contribution in [0, 0.1) is 6.92 Å². The van der Waals surface area contributed by atoms with E-state index in [1.807, 2.05) is 25.7 Å². The van der Waals surface area contributed by atoms with Gasteiger partial charge in [0.1, 0.15) is 5.56 Å². The van der Waals surface area contributed by atoms with E-state index in [-0.39, 0.29) is 18.2 Å². The van der Waals surface area contributed by atoms with E-state index in [1.165, 1.54) is 6.20 Å². The van der Waals surface area contributed by atoms with Crippen LogP contribution in [0.4, 0.5) is 5.69 Å². The maximum Gasteiger partial charge on any atom is 0.339 e. The Kier molecular flexibility index (Phi) is 4.13. The number of carboxylic acids is 1. The highest BCUT2D eigenvalue weighted by atomic mass is 16.4. The number of carboxylic acid groups (broad SMARTS) is 1. The largest absolute Gasteiger partial charge is 0.478 e. The fourth-order valence-electron chi connectivity index (χ4n) is 2.58. The van der Waals surface area contributed by atoms with Crippen LogP contribution in [-0.4, -0.2) is 50.1 Å². The monoisotopic (exact) mass is 292 g/mol. The minimum Gasteiger partial charge on any atom is -0.478 e. The van der Waals surface area contributed by atoms with E-state index in [0.717, 1.165) is 11.1 Å². The first-order valence-electron chi connectivity index (χ1n) is 6.81. The minimum absolute atomic E-state index is 0.0421. The summed E-state index contributed by atoms with van der Waals surface area (Å²) in [5.41, 5.74) is 2.06. The normalized spacial score (nSPS) is 11.3. The first-order chi connectivity index (χ1) is 9.88. The van der Waals surface area contributed by atoms with Crippen molar-refractivity contribution in [1.82, 2.24) is 14.8 Å². The molecule has 0 aliphatic carbocycles. The molecule has 0 spiro atoms. The summed E-state index contributed by atoms with van der Waals surface area (Å²) in [5.74, 6) is -1.04. The van der Waals surface area contributed by atoms with Crippen molar-refractivity contribution in [3.63, 3.8) is 0 Å². The second-order valence-corrected chi connectivity index (χ2v) is 5.24. The Morgan fingerprint density at radius 1 is 1.48 bits per heavy atom. The zero-order chi connectivity index (χ0) is 15.7. The van der Waals surface area contributed by atoms with Gasteiger partial charge in [0.15, 0.2) is 5.65 Å². The molecule has 2 N–H and O–H groups in total. The van der Waals surface area contributed by atoms with E-state index in [9.17, 15) is 15.0 Å². The van der Waals surface area contributed by atoms with E-state index in [0.29, 0.717) is 17.9 Å². The molecule has 0 aliphatic heterocycles. The second kappa shape index (κ2) is 5.69. The maximum atomic E-state index is 11.6. The first-order valence-corrected chi connectivity index (χ1v) is 6.81. The minimum atomic E-state index is -1.04. The zero-order valence-electron chi connectivity index (χ0n) is 12.7. The number of aliphatic hydroxyl groups excluding tert-OH is 1. The number of aromatic nitrogens is 3. The SMILES string of the molecule is Cc1nn(C)c2ncc(C(=O)O)c(N(CCO)C(C)C)c12. The number of nitrogens with zero attached hydrogens (tertiary/aromatic N) is 4. The second-order valence-electron chi connectivity index (χ2n) is 5.24. The molecule has 0 saturated heterocycles. The van der Waals surface area contributed by atoms with Gasteiger partial charge in [0, 0.05) is 25.8 Å². The summed E-state index contributed by atoms with van der Waals surface area (Å²) in [6.45, 7) is 6.04. The highest BCUT2D eigenvalue weighted by Gasteiger charge is 2.24. The molecule has 0 unspecified atom stereocenters. The number of pyridine rings is 1. The fraction of sp³-hybridized carbons (Fsp3) is 0.500. The molecule has 0 bridgehead atoms. The van der Waals surface area contributed by atoms with Gasteiger partial charge < -0.3 is 15.1 Å². The smallest absolute Gasteiger partial charge is 0.339 e. The number of carbonyl (C=O) groups is 1. The summed E-state index contributed by atoms with van der Waals surface area (Å²) < 4.78 is 1.64. The van der Waals surface area contributed by atoms with Crippen molar-refractivity contribution >= 4 is 22.7 Å². The molecule has 0 saturated carbocycles. The van der Waals surface area contributed by atoms with Crippen LogP contribution in [0.15, 0.2) is 6.20 Å². The van der Waals surface area contributed by atoms with Crippen LogP contribution in [0.5, 0.6) is 0 Å². The van der Waals surface area contributed by atoms with Gasteiger partial charge in [-0.3, -0.25) is 4.68 Å². The molecule has 2 aromatic rings. The van der Waals surface area contributed by atoms with Crippen molar-refractivity contribution in [2.45, 2.75) is 26.8 Å². The highest BCUT2D eigenvalue weighted by Crippen LogP contribution is 2.32. The fourth-order valence-corrected chi connectivity index (χ4v) is 2.58. The molecule has 114 valence electrons. The molecule has 0 amide bonds. The first kappa shape index (κ1) is 15.2. The lowest BCUT2D eigenvalue weighted by atomic mass is 10.1. The van der Waals surface area contributed by atoms with Crippen molar-refractivity contribution in [2.75, 3.05) is 18.1 Å². The number of anilines is 1. The summed E-state index contributed by atoms with van der Waals surface area (Å²) in [4.78, 5) is 17.7. The lowest BCUT2D eigenvalue weighted by Gasteiger charge is -2.30. The molecule has 0 radical (unpaired) electrons. The number of rotatable bonds is 5. The van der Waals surface area contributed by atoms with Crippen LogP contribution in [0.1, 0.15) is 29.9 Å². The molecule has 2 rings (SSSR count). The Hall–Kier alpha value is -2.15. The van der Waals surface area contributed by atoms with Gasteiger partial charge in [-0.05, 0) is 20.8 Å². The third kappa shape index (κ3) is 2.56. The van der Waals surface area contributed by atoms with Crippen LogP contribution in [0.3, 0.4) is 0 Å². The van der Waals surface area contributed by atoms with Crippen LogP contribution >= 0.6 is 0 Å². The number of hydrogen-bond donors (Lipinski definition) is 2. The molecular formula is C14H20N4O3. The van der Waals surface area contributed by atoms with Gasteiger partial charge in [-0.2, -0.15) is 5.10 Å². The van der Waals surface area contributed by atoms with Gasteiger partial charge in [-0.1, -0.05) is 0 Å². The highest BCUT2D eigenvalue weighted by molar-refractivity contribution is 6.04. The van der Waals surface area contributed by atoms with Gasteiger partial charge in [-0.25, -0.2) is 9.78 Å². The maximum absolute atomic E-state index is 11.6. The van der Waals surface area contributed by atoms with Gasteiger partial charge in [0.2, 0.25) is 0 Å². The lowest BCUT2D eigenvalue weighted by Crippen LogP contribution is -2.35. The average Bonchev–Trinajstić information content (AvgIpc) is 2.70. The molecule has 7 nitrogen and oxygen atoms in total. The lowest BCUT2D eigenvalue weighted by molar-refractivity contribution is 0.0697. The van der Waals surface area contributed by atoms with Crippen LogP contribution in [-0.2, 0) is 7.05 Å². The van der Waals surface area contributed by atoms with E-state index < -0.39 is 5.97 Å². The van der Waals surface area contributed by atoms with Crippen molar-refractivity contribution in [1.29, 1.82) is 0 Å². The molecule has 2 aromatic heterocycles. The van der Waals surface area contributed by atoms with Gasteiger partial charge >= 0.3 is 5.97 Å². The summed E-state index contributed by atoms with van der Waals surface area (Å²) in [7, 11) is 1.78. The van der Waals surface area contributed by atoms with E-state index in [1.54, 1.807) is 11.7 Å². The van der Waals surface area contributed by atoms with E-state index in [4.69, 9.17) is 0 Å². The molecule has 0 aliphatic rings. The quantitative estimate of drug-likeness (QED) is 0.860. The van der Waals surface area contributed by atoms with Crippen LogP contribution < -0.4 is 4.90 Å². The predicted octanol–water partition coefficient (Wildman–Crippen LogP) is 1.18. The van der Waals surface area contributed by atoms with Gasteiger partial charge in [0.05, 0.1) is 23.4 Å². The Balaban J connectivity index is 2.83. The van der Waals surface area contributed by atoms with Crippen molar-refractivity contribution < 1.29 is 15.0 Å². The molecule has 21 heavy (non-hydrogen) atoms. The summed E-state index contributed by atoms with van der Waals surface area (Å²) in [6, 6.07) is 0.0421. The summed E-state index contributed by atoms with van der Waals surface area (Å²) in [6.07, 6.45) is 1.36. The average molecular weight is 292 g/mol. The Labute approximate surface area is 122 Å². The molecular weight excluding hydrogens is 272 g/mol. The number of aromatic carboxylic acids is 1. The predicted molar refractivity (Wildman–Crippen MR) is 79.8 cm³/mol. The number of hydrogen-bond acceptors (Lipinski definition) is 5. The zero-order valence-corrected chi connectivity index (χ0v) is 12.7. The van der Waals surface area contributed by atoms with Gasteiger partial charge in [-0.15, -0.1) is 0 Å². The van der Waals surface area contributed by atoms with Crippen LogP contribution in [0.25, 0.3) is 11.0 Å². The van der Waals surface area contributed by atoms with E-state index in [2.05, 4.69) is 10.1 Å². The number of aryl methyl sites for hydroxylation is 2. The van der Waals surface area contributed by atoms with Crippen molar-refractivity contribution in [3.05, 3.63) is 17.5 Å². The standard InChI is InChI=1S/C14H20N4O3/c1-8(2)18(5-6-19)12-10(14(20)21)7-15-13-11(12)9(3)16-17(13)4/h7-8,19H,5-6H2,1-4H3,(H,20,21). The Morgan fingerprint density at radius 3 is 2.67 bits per heavy atom. The summed E-state index contributed by atoms with van der Waals surface area (Å²) >= 11 is 0. The molecule has 7 heteroatoms.